The van der Waals surface area contributed by atoms with Gasteiger partial charge in [-0.3, -0.25) is 9.30 Å². The second-order valence-corrected chi connectivity index (χ2v) is 11.8. The summed E-state index contributed by atoms with van der Waals surface area (Å²) in [5.74, 6) is 0.862. The van der Waals surface area contributed by atoms with Crippen LogP contribution in [0.3, 0.4) is 0 Å². The van der Waals surface area contributed by atoms with E-state index in [4.69, 9.17) is 9.97 Å². The number of pyridine rings is 2. The molecule has 5 aromatic carbocycles. The number of hydrogen-bond donors (Lipinski definition) is 0. The topological polar surface area (TPSA) is 33.4 Å². The highest BCUT2D eigenvalue weighted by molar-refractivity contribution is 7.26. The van der Waals surface area contributed by atoms with Crippen LogP contribution in [0, 0.1) is 0 Å². The molecule has 0 aliphatic rings. The maximum Gasteiger partial charge on any atom is 0.145 e. The van der Waals surface area contributed by atoms with Crippen molar-refractivity contribution in [2.45, 2.75) is 0 Å². The summed E-state index contributed by atoms with van der Waals surface area (Å²) < 4.78 is 4.73. The fraction of sp³-hybridized carbons (Fsp3) is 0. The summed E-state index contributed by atoms with van der Waals surface area (Å²) in [5, 5.41) is 6.06. The monoisotopic (exact) mass is 568 g/mol. The van der Waals surface area contributed by atoms with Crippen LogP contribution >= 0.6 is 11.3 Å². The number of nitrogens with zero attached hydrogens (tertiary/aromatic N) is 4. The summed E-state index contributed by atoms with van der Waals surface area (Å²) in [6.07, 6.45) is 3.92. The van der Waals surface area contributed by atoms with Crippen molar-refractivity contribution in [1.82, 2.24) is 14.4 Å². The van der Waals surface area contributed by atoms with Gasteiger partial charge in [-0.05, 0) is 53.9 Å². The molecule has 0 unspecified atom stereocenters. The number of benzene rings is 5. The minimum absolute atomic E-state index is 0.862. The lowest BCUT2D eigenvalue weighted by atomic mass is 10.0. The first-order valence-electron chi connectivity index (χ1n) is 14.3. The largest absolute Gasteiger partial charge is 0.299 e. The lowest BCUT2D eigenvalue weighted by Gasteiger charge is -2.25. The van der Waals surface area contributed by atoms with E-state index in [-0.39, 0.29) is 0 Å². The Hall–Kier alpha value is -5.52. The molecular weight excluding hydrogens is 545 g/mol. The zero-order valence-corrected chi connectivity index (χ0v) is 23.9. The van der Waals surface area contributed by atoms with Gasteiger partial charge >= 0.3 is 0 Å². The van der Waals surface area contributed by atoms with Crippen LogP contribution in [0.5, 0.6) is 0 Å². The second kappa shape index (κ2) is 9.51. The van der Waals surface area contributed by atoms with Crippen molar-refractivity contribution in [3.8, 4) is 11.3 Å². The first-order valence-corrected chi connectivity index (χ1v) is 15.2. The quantitative estimate of drug-likeness (QED) is 0.198. The molecule has 0 saturated heterocycles. The molecule has 0 fully saturated rings. The molecule has 4 nitrogen and oxygen atoms in total. The molecule has 5 heteroatoms. The van der Waals surface area contributed by atoms with Crippen LogP contribution in [-0.2, 0) is 0 Å². The minimum Gasteiger partial charge on any atom is -0.299 e. The smallest absolute Gasteiger partial charge is 0.145 e. The third kappa shape index (κ3) is 3.75. The number of fused-ring (bicyclic) bond motifs is 9. The van der Waals surface area contributed by atoms with Gasteiger partial charge in [-0.25, -0.2) is 9.97 Å². The highest BCUT2D eigenvalue weighted by Gasteiger charge is 2.18. The van der Waals surface area contributed by atoms with Gasteiger partial charge in [-0.15, -0.1) is 11.3 Å². The average molecular weight is 569 g/mol. The Bertz CT molecular complexity index is 2470. The van der Waals surface area contributed by atoms with Gasteiger partial charge in [0.1, 0.15) is 11.5 Å². The average Bonchev–Trinajstić information content (AvgIpc) is 3.72. The summed E-state index contributed by atoms with van der Waals surface area (Å²) in [7, 11) is 0. The van der Waals surface area contributed by atoms with Gasteiger partial charge < -0.3 is 0 Å². The molecule has 4 heterocycles. The SMILES string of the molecule is c1ccc(N(c2ccc3c4ccccc4n4ccnc4c3c2)c2cccc(-c3cccc4c3sc3ccccc34)n2)cc1. The summed E-state index contributed by atoms with van der Waals surface area (Å²) >= 11 is 1.83. The maximum absolute atomic E-state index is 5.31. The molecule has 0 aliphatic carbocycles. The van der Waals surface area contributed by atoms with Crippen molar-refractivity contribution in [1.29, 1.82) is 0 Å². The Kier molecular flexibility index (Phi) is 5.33. The molecular formula is C38H24N4S. The van der Waals surface area contributed by atoms with E-state index in [1.54, 1.807) is 0 Å². The summed E-state index contributed by atoms with van der Waals surface area (Å²) in [6.45, 7) is 0. The predicted octanol–water partition coefficient (Wildman–Crippen LogP) is 10.5. The van der Waals surface area contributed by atoms with Gasteiger partial charge in [-0.2, -0.15) is 0 Å². The van der Waals surface area contributed by atoms with E-state index in [1.807, 2.05) is 29.8 Å². The number of rotatable bonds is 4. The van der Waals surface area contributed by atoms with E-state index in [9.17, 15) is 0 Å². The Balaban J connectivity index is 1.26. The zero-order chi connectivity index (χ0) is 28.3. The highest BCUT2D eigenvalue weighted by atomic mass is 32.1. The Morgan fingerprint density at radius 1 is 0.581 bits per heavy atom. The van der Waals surface area contributed by atoms with E-state index in [0.29, 0.717) is 0 Å². The summed E-state index contributed by atoms with van der Waals surface area (Å²) in [4.78, 5) is 12.3. The number of anilines is 3. The standard InChI is InChI=1S/C38H24N4S/c1-2-10-25(11-3-1)42(26-20-21-27-28-12-4-6-17-34(28)41-23-22-39-38(41)32(27)24-26)36-19-9-16-33(40-36)31-15-8-14-30-29-13-5-7-18-35(29)43-37(30)31/h1-24H. The van der Waals surface area contributed by atoms with Gasteiger partial charge in [0.05, 0.1) is 11.2 Å². The molecule has 43 heavy (non-hydrogen) atoms. The fourth-order valence-electron chi connectivity index (χ4n) is 6.34. The second-order valence-electron chi connectivity index (χ2n) is 10.7. The molecule has 9 aromatic rings. The van der Waals surface area contributed by atoms with E-state index >= 15 is 0 Å². The Morgan fingerprint density at radius 3 is 2.30 bits per heavy atom. The fourth-order valence-corrected chi connectivity index (χ4v) is 7.56. The van der Waals surface area contributed by atoms with Crippen LogP contribution in [0.15, 0.2) is 146 Å². The normalized spacial score (nSPS) is 11.7. The van der Waals surface area contributed by atoms with Crippen LogP contribution in [-0.4, -0.2) is 14.4 Å². The third-order valence-electron chi connectivity index (χ3n) is 8.25. The van der Waals surface area contributed by atoms with Crippen LogP contribution in [0.25, 0.3) is 58.8 Å². The number of para-hydroxylation sites is 2. The highest BCUT2D eigenvalue weighted by Crippen LogP contribution is 2.41. The summed E-state index contributed by atoms with van der Waals surface area (Å²) in [6, 6.07) is 47.2. The number of hydrogen-bond acceptors (Lipinski definition) is 4. The molecule has 0 aliphatic heterocycles. The van der Waals surface area contributed by atoms with Crippen LogP contribution in [0.2, 0.25) is 0 Å². The zero-order valence-electron chi connectivity index (χ0n) is 23.1. The van der Waals surface area contributed by atoms with Crippen molar-refractivity contribution in [3.05, 3.63) is 146 Å². The molecule has 0 radical (unpaired) electrons. The van der Waals surface area contributed by atoms with Crippen LogP contribution in [0.1, 0.15) is 0 Å². The molecule has 0 atom stereocenters. The van der Waals surface area contributed by atoms with E-state index in [0.717, 1.165) is 45.0 Å². The molecule has 0 amide bonds. The lowest BCUT2D eigenvalue weighted by Crippen LogP contribution is -2.12. The van der Waals surface area contributed by atoms with Crippen LogP contribution < -0.4 is 4.90 Å². The Morgan fingerprint density at radius 2 is 1.37 bits per heavy atom. The van der Waals surface area contributed by atoms with Gasteiger partial charge in [-0.1, -0.05) is 84.9 Å². The van der Waals surface area contributed by atoms with E-state index < -0.39 is 0 Å². The third-order valence-corrected chi connectivity index (χ3v) is 9.47. The predicted molar refractivity (Wildman–Crippen MR) is 181 cm³/mol. The molecule has 0 N–H and O–H groups in total. The summed E-state index contributed by atoms with van der Waals surface area (Å²) in [5.41, 5.74) is 6.28. The van der Waals surface area contributed by atoms with Crippen LogP contribution in [0.4, 0.5) is 17.2 Å². The molecule has 0 bridgehead atoms. The van der Waals surface area contributed by atoms with Crippen molar-refractivity contribution in [2.24, 2.45) is 0 Å². The number of imidazole rings is 1. The van der Waals surface area contributed by atoms with Gasteiger partial charge in [0.25, 0.3) is 0 Å². The number of aromatic nitrogens is 3. The maximum atomic E-state index is 5.31. The van der Waals surface area contributed by atoms with Gasteiger partial charge in [0.2, 0.25) is 0 Å². The van der Waals surface area contributed by atoms with Gasteiger partial charge in [0.15, 0.2) is 0 Å². The van der Waals surface area contributed by atoms with Gasteiger partial charge in [0, 0.05) is 60.3 Å². The lowest BCUT2D eigenvalue weighted by molar-refractivity contribution is 1.19. The molecule has 0 saturated carbocycles. The van der Waals surface area contributed by atoms with Crippen molar-refractivity contribution in [2.75, 3.05) is 4.90 Å². The molecule has 4 aromatic heterocycles. The number of thiophene rings is 1. The van der Waals surface area contributed by atoms with E-state index in [2.05, 4.69) is 137 Å². The molecule has 0 spiro atoms. The first kappa shape index (κ1) is 24.1. The van der Waals surface area contributed by atoms with Crippen molar-refractivity contribution in [3.63, 3.8) is 0 Å². The first-order chi connectivity index (χ1) is 21.3. The molecule has 202 valence electrons. The minimum atomic E-state index is 0.862. The van der Waals surface area contributed by atoms with Crippen molar-refractivity contribution >= 4 is 76.0 Å². The van der Waals surface area contributed by atoms with Crippen molar-refractivity contribution < 1.29 is 0 Å². The van der Waals surface area contributed by atoms with E-state index in [1.165, 1.54) is 30.9 Å². The Labute approximate surface area is 251 Å². The molecule has 9 rings (SSSR count).